The van der Waals surface area contributed by atoms with Gasteiger partial charge in [0.1, 0.15) is 22.8 Å². The molecule has 3 aromatic heterocycles. The molecule has 2 N–H and O–H groups in total. The van der Waals surface area contributed by atoms with Gasteiger partial charge in [0.05, 0.1) is 11.6 Å². The zero-order valence-corrected chi connectivity index (χ0v) is 15.0. The van der Waals surface area contributed by atoms with E-state index in [-0.39, 0.29) is 16.3 Å². The minimum absolute atomic E-state index is 0.0948. The molecule has 1 aromatic carbocycles. The van der Waals surface area contributed by atoms with Crippen LogP contribution in [0.15, 0.2) is 48.0 Å². The Morgan fingerprint density at radius 2 is 1.96 bits per heavy atom. The van der Waals surface area contributed by atoms with Crippen LogP contribution in [0.1, 0.15) is 11.1 Å². The number of halogens is 2. The van der Waals surface area contributed by atoms with E-state index in [9.17, 15) is 8.78 Å². The summed E-state index contributed by atoms with van der Waals surface area (Å²) >= 11 is 1.26. The van der Waals surface area contributed by atoms with E-state index in [1.54, 1.807) is 12.4 Å². The van der Waals surface area contributed by atoms with Crippen LogP contribution >= 0.6 is 11.8 Å². The molecule has 0 radical (unpaired) electrons. The van der Waals surface area contributed by atoms with Gasteiger partial charge in [-0.2, -0.15) is 5.10 Å². The van der Waals surface area contributed by atoms with Crippen LogP contribution in [0.5, 0.6) is 0 Å². The Morgan fingerprint density at radius 3 is 2.70 bits per heavy atom. The minimum atomic E-state index is -0.766. The third-order valence-electron chi connectivity index (χ3n) is 3.96. The maximum atomic E-state index is 14.4. The van der Waals surface area contributed by atoms with E-state index in [2.05, 4.69) is 20.2 Å². The maximum Gasteiger partial charge on any atom is 0.176 e. The van der Waals surface area contributed by atoms with Crippen LogP contribution in [0.2, 0.25) is 0 Å². The first-order chi connectivity index (χ1) is 13.0. The van der Waals surface area contributed by atoms with Crippen LogP contribution < -0.4 is 5.49 Å². The molecule has 0 fully saturated rings. The number of fused-ring (bicyclic) bond motifs is 1. The van der Waals surface area contributed by atoms with E-state index < -0.39 is 11.6 Å². The van der Waals surface area contributed by atoms with E-state index in [0.717, 1.165) is 23.3 Å². The summed E-state index contributed by atoms with van der Waals surface area (Å²) in [4.78, 5) is 8.58. The number of nitrogens with one attached hydrogen (secondary N) is 2. The largest absolute Gasteiger partial charge is 0.283 e. The van der Waals surface area contributed by atoms with Crippen molar-refractivity contribution in [2.45, 2.75) is 17.8 Å². The van der Waals surface area contributed by atoms with Gasteiger partial charge in [0.2, 0.25) is 0 Å². The molecular weight excluding hydrogens is 370 g/mol. The van der Waals surface area contributed by atoms with Gasteiger partial charge in [-0.05, 0) is 30.2 Å². The Kier molecular flexibility index (Phi) is 4.44. The average molecular weight is 384 g/mol. The molecule has 0 bridgehead atoms. The minimum Gasteiger partial charge on any atom is -0.283 e. The molecule has 0 spiro atoms. The number of benzene rings is 1. The monoisotopic (exact) mass is 384 g/mol. The van der Waals surface area contributed by atoms with Crippen molar-refractivity contribution in [1.29, 1.82) is 5.41 Å². The molecule has 0 unspecified atom stereocenters. The predicted molar refractivity (Wildman–Crippen MR) is 97.5 cm³/mol. The molecule has 3 heterocycles. The molecule has 4 rings (SSSR count). The number of aromatic nitrogens is 5. The van der Waals surface area contributed by atoms with E-state index in [4.69, 9.17) is 5.41 Å². The Morgan fingerprint density at radius 1 is 1.19 bits per heavy atom. The van der Waals surface area contributed by atoms with Gasteiger partial charge in [0, 0.05) is 18.1 Å². The molecule has 27 heavy (non-hydrogen) atoms. The second-order valence-electron chi connectivity index (χ2n) is 5.94. The van der Waals surface area contributed by atoms with Gasteiger partial charge in [0.25, 0.3) is 0 Å². The summed E-state index contributed by atoms with van der Waals surface area (Å²) in [6.07, 6.45) is 4.89. The van der Waals surface area contributed by atoms with E-state index >= 15 is 0 Å². The van der Waals surface area contributed by atoms with Crippen LogP contribution in [-0.4, -0.2) is 24.7 Å². The normalized spacial score (nSPS) is 11.2. The molecule has 136 valence electrons. The van der Waals surface area contributed by atoms with E-state index in [1.807, 2.05) is 13.0 Å². The quantitative estimate of drug-likeness (QED) is 0.417. The smallest absolute Gasteiger partial charge is 0.176 e. The zero-order valence-electron chi connectivity index (χ0n) is 14.2. The van der Waals surface area contributed by atoms with Gasteiger partial charge in [-0.1, -0.05) is 23.9 Å². The highest BCUT2D eigenvalue weighted by Crippen LogP contribution is 2.26. The molecule has 0 saturated carbocycles. The fourth-order valence-electron chi connectivity index (χ4n) is 2.75. The van der Waals surface area contributed by atoms with Crippen LogP contribution in [0, 0.1) is 24.0 Å². The van der Waals surface area contributed by atoms with Gasteiger partial charge in [-0.25, -0.2) is 13.8 Å². The van der Waals surface area contributed by atoms with Crippen molar-refractivity contribution in [3.8, 4) is 5.69 Å². The molecule has 0 atom stereocenters. The first-order valence-electron chi connectivity index (χ1n) is 8.03. The zero-order chi connectivity index (χ0) is 19.0. The van der Waals surface area contributed by atoms with Crippen LogP contribution in [-0.2, 0) is 5.75 Å². The SMILES string of the molecule is Cc1cncc(CSc2nc3[nH]ncc3c(=N)n2-c2c(F)cccc2F)c1. The molecule has 0 aliphatic heterocycles. The van der Waals surface area contributed by atoms with Crippen molar-refractivity contribution in [1.82, 2.24) is 24.7 Å². The lowest BCUT2D eigenvalue weighted by Gasteiger charge is -2.14. The fourth-order valence-corrected chi connectivity index (χ4v) is 3.67. The Hall–Kier alpha value is -3.07. The fraction of sp³-hybridized carbons (Fsp3) is 0.111. The van der Waals surface area contributed by atoms with Crippen molar-refractivity contribution < 1.29 is 8.78 Å². The predicted octanol–water partition coefficient (Wildman–Crippen LogP) is 3.50. The number of hydrogen-bond donors (Lipinski definition) is 2. The van der Waals surface area contributed by atoms with Crippen molar-refractivity contribution >= 4 is 22.8 Å². The van der Waals surface area contributed by atoms with Crippen molar-refractivity contribution in [3.05, 3.63) is 71.1 Å². The summed E-state index contributed by atoms with van der Waals surface area (Å²) in [7, 11) is 0. The number of H-pyrrole nitrogens is 1. The molecule has 6 nitrogen and oxygen atoms in total. The molecule has 4 aromatic rings. The van der Waals surface area contributed by atoms with Crippen molar-refractivity contribution in [3.63, 3.8) is 0 Å². The number of nitrogens with zero attached hydrogens (tertiary/aromatic N) is 4. The van der Waals surface area contributed by atoms with E-state index in [1.165, 1.54) is 28.6 Å². The standard InChI is InChI=1S/C18H14F2N6S/c1-10-5-11(7-22-6-10)9-27-18-24-17-12(8-23-25-17)16(21)26(18)15-13(19)3-2-4-14(15)20/h2-8,21H,9H2,1H3,(H,23,25). The Balaban J connectivity index is 1.87. The van der Waals surface area contributed by atoms with Crippen LogP contribution in [0.25, 0.3) is 16.7 Å². The lowest BCUT2D eigenvalue weighted by atomic mass is 10.2. The highest BCUT2D eigenvalue weighted by atomic mass is 32.2. The second-order valence-corrected chi connectivity index (χ2v) is 6.88. The summed E-state index contributed by atoms with van der Waals surface area (Å²) in [6, 6.07) is 5.57. The summed E-state index contributed by atoms with van der Waals surface area (Å²) in [6.45, 7) is 1.94. The van der Waals surface area contributed by atoms with Gasteiger partial charge in [0.15, 0.2) is 10.8 Å². The average Bonchev–Trinajstić information content (AvgIpc) is 3.10. The van der Waals surface area contributed by atoms with Gasteiger partial charge in [-0.3, -0.25) is 20.1 Å². The number of hydrogen-bond acceptors (Lipinski definition) is 5. The summed E-state index contributed by atoms with van der Waals surface area (Å²) in [5.74, 6) is -1.05. The van der Waals surface area contributed by atoms with Crippen LogP contribution in [0.3, 0.4) is 0 Å². The number of aryl methyl sites for hydroxylation is 1. The van der Waals surface area contributed by atoms with Gasteiger partial charge in [-0.15, -0.1) is 0 Å². The van der Waals surface area contributed by atoms with Gasteiger partial charge >= 0.3 is 0 Å². The van der Waals surface area contributed by atoms with Gasteiger partial charge < -0.3 is 0 Å². The molecular formula is C18H14F2N6S. The maximum absolute atomic E-state index is 14.4. The first-order valence-corrected chi connectivity index (χ1v) is 9.01. The molecule has 0 aliphatic rings. The number of thioether (sulfide) groups is 1. The highest BCUT2D eigenvalue weighted by molar-refractivity contribution is 7.98. The number of rotatable bonds is 4. The van der Waals surface area contributed by atoms with E-state index in [0.29, 0.717) is 16.8 Å². The molecule has 9 heteroatoms. The Labute approximate surface area is 156 Å². The third-order valence-corrected chi connectivity index (χ3v) is 4.97. The highest BCUT2D eigenvalue weighted by Gasteiger charge is 2.18. The van der Waals surface area contributed by atoms with Crippen molar-refractivity contribution in [2.75, 3.05) is 0 Å². The Bertz CT molecular complexity index is 1180. The second kappa shape index (κ2) is 6.92. The lowest BCUT2D eigenvalue weighted by molar-refractivity contribution is 0.554. The van der Waals surface area contributed by atoms with Crippen LogP contribution in [0.4, 0.5) is 8.78 Å². The van der Waals surface area contributed by atoms with Crippen molar-refractivity contribution in [2.24, 2.45) is 0 Å². The number of para-hydroxylation sites is 1. The molecule has 0 amide bonds. The lowest BCUT2D eigenvalue weighted by Crippen LogP contribution is -2.23. The molecule has 0 saturated heterocycles. The summed E-state index contributed by atoms with van der Waals surface area (Å²) < 4.78 is 30.0. The summed E-state index contributed by atoms with van der Waals surface area (Å²) in [5, 5.41) is 15.7. The third kappa shape index (κ3) is 3.21. The molecule has 0 aliphatic carbocycles. The summed E-state index contributed by atoms with van der Waals surface area (Å²) in [5.41, 5.74) is 1.92. The first kappa shape index (κ1) is 17.3. The number of pyridine rings is 1. The number of aromatic amines is 1. The topological polar surface area (TPSA) is 83.2 Å².